The number of thiol groups is 1. The lowest BCUT2D eigenvalue weighted by atomic mass is 10.2. The minimum atomic E-state index is -0.289. The van der Waals surface area contributed by atoms with Gasteiger partial charge in [-0.3, -0.25) is 0 Å². The van der Waals surface area contributed by atoms with Gasteiger partial charge in [-0.1, -0.05) is 17.7 Å². The van der Waals surface area contributed by atoms with Gasteiger partial charge in [0.25, 0.3) is 0 Å². The molecule has 0 atom stereocenters. The lowest BCUT2D eigenvalue weighted by Gasteiger charge is -1.97. The van der Waals surface area contributed by atoms with Gasteiger partial charge in [-0.2, -0.15) is 12.6 Å². The number of benzene rings is 1. The van der Waals surface area contributed by atoms with Crippen molar-refractivity contribution in [1.29, 1.82) is 0 Å². The van der Waals surface area contributed by atoms with Crippen molar-refractivity contribution in [2.75, 3.05) is 0 Å². The van der Waals surface area contributed by atoms with Gasteiger partial charge in [0.1, 0.15) is 5.82 Å². The Morgan fingerprint density at radius 3 is 2.70 bits per heavy atom. The largest absolute Gasteiger partial charge is 0.207 e. The van der Waals surface area contributed by atoms with E-state index < -0.39 is 0 Å². The van der Waals surface area contributed by atoms with Gasteiger partial charge in [0.15, 0.2) is 0 Å². The maximum Gasteiger partial charge on any atom is 0.128 e. The van der Waals surface area contributed by atoms with Crippen molar-refractivity contribution in [2.45, 2.75) is 5.75 Å². The Bertz CT molecular complexity index is 237. The average Bonchev–Trinajstić information content (AvgIpc) is 1.88. The van der Waals surface area contributed by atoms with E-state index in [-0.39, 0.29) is 5.82 Å². The highest BCUT2D eigenvalue weighted by molar-refractivity contribution is 7.79. The van der Waals surface area contributed by atoms with Crippen LogP contribution in [0.4, 0.5) is 4.39 Å². The van der Waals surface area contributed by atoms with Crippen LogP contribution >= 0.6 is 24.2 Å². The summed E-state index contributed by atoms with van der Waals surface area (Å²) in [6, 6.07) is 4.56. The highest BCUT2D eigenvalue weighted by Crippen LogP contribution is 2.15. The van der Waals surface area contributed by atoms with Gasteiger partial charge in [-0.05, 0) is 17.7 Å². The lowest BCUT2D eigenvalue weighted by molar-refractivity contribution is 0.617. The molecule has 0 saturated heterocycles. The fourth-order valence-corrected chi connectivity index (χ4v) is 1.07. The molecule has 0 heterocycles. The molecule has 0 amide bonds. The molecule has 0 bridgehead atoms. The zero-order valence-corrected chi connectivity index (χ0v) is 6.79. The zero-order chi connectivity index (χ0) is 7.56. The molecule has 0 unspecified atom stereocenters. The van der Waals surface area contributed by atoms with E-state index in [0.29, 0.717) is 16.3 Å². The van der Waals surface area contributed by atoms with Crippen LogP contribution in [-0.4, -0.2) is 0 Å². The minimum absolute atomic E-state index is 0.289. The van der Waals surface area contributed by atoms with E-state index in [2.05, 4.69) is 12.6 Å². The van der Waals surface area contributed by atoms with Gasteiger partial charge < -0.3 is 0 Å². The van der Waals surface area contributed by atoms with E-state index in [1.807, 2.05) is 0 Å². The molecule has 0 saturated carbocycles. The maximum absolute atomic E-state index is 12.7. The van der Waals surface area contributed by atoms with Crippen LogP contribution in [0.25, 0.3) is 0 Å². The summed E-state index contributed by atoms with van der Waals surface area (Å²) in [7, 11) is 0. The summed E-state index contributed by atoms with van der Waals surface area (Å²) in [4.78, 5) is 0. The summed E-state index contributed by atoms with van der Waals surface area (Å²) in [5.41, 5.74) is 0.577. The summed E-state index contributed by atoms with van der Waals surface area (Å²) in [6.07, 6.45) is 0. The second-order valence-corrected chi connectivity index (χ2v) is 2.65. The van der Waals surface area contributed by atoms with Gasteiger partial charge in [-0.15, -0.1) is 0 Å². The van der Waals surface area contributed by atoms with Crippen LogP contribution in [0.2, 0.25) is 5.02 Å². The first kappa shape index (κ1) is 7.89. The smallest absolute Gasteiger partial charge is 0.128 e. The Morgan fingerprint density at radius 1 is 1.50 bits per heavy atom. The zero-order valence-electron chi connectivity index (χ0n) is 5.14. The summed E-state index contributed by atoms with van der Waals surface area (Å²) in [5.74, 6) is 0.116. The molecule has 10 heavy (non-hydrogen) atoms. The van der Waals surface area contributed by atoms with E-state index in [4.69, 9.17) is 11.6 Å². The number of halogens is 2. The van der Waals surface area contributed by atoms with E-state index in [9.17, 15) is 4.39 Å². The molecular weight excluding hydrogens is 171 g/mol. The molecule has 0 aliphatic rings. The van der Waals surface area contributed by atoms with Gasteiger partial charge in [0.2, 0.25) is 0 Å². The number of hydrogen-bond donors (Lipinski definition) is 1. The van der Waals surface area contributed by atoms with E-state index in [1.165, 1.54) is 6.07 Å². The van der Waals surface area contributed by atoms with Crippen LogP contribution in [0, 0.1) is 5.82 Å². The molecule has 0 radical (unpaired) electrons. The van der Waals surface area contributed by atoms with Crippen molar-refractivity contribution in [1.82, 2.24) is 0 Å². The summed E-state index contributed by atoms with van der Waals surface area (Å²) in [6.45, 7) is 0. The first-order chi connectivity index (χ1) is 4.74. The van der Waals surface area contributed by atoms with Crippen molar-refractivity contribution < 1.29 is 4.39 Å². The monoisotopic (exact) mass is 176 g/mol. The molecule has 3 heteroatoms. The molecule has 1 rings (SSSR count). The Balaban J connectivity index is 3.07. The predicted octanol–water partition coefficient (Wildman–Crippen LogP) is 2.91. The van der Waals surface area contributed by atoms with Crippen molar-refractivity contribution in [3.05, 3.63) is 34.6 Å². The van der Waals surface area contributed by atoms with Gasteiger partial charge >= 0.3 is 0 Å². The number of hydrogen-bond acceptors (Lipinski definition) is 1. The topological polar surface area (TPSA) is 0 Å². The normalized spacial score (nSPS) is 9.90. The fraction of sp³-hybridized carbons (Fsp3) is 0.143. The van der Waals surface area contributed by atoms with Crippen LogP contribution < -0.4 is 0 Å². The molecule has 0 fully saturated rings. The Hall–Kier alpha value is -0.210. The molecule has 0 N–H and O–H groups in total. The van der Waals surface area contributed by atoms with Gasteiger partial charge in [0, 0.05) is 10.8 Å². The van der Waals surface area contributed by atoms with Crippen molar-refractivity contribution in [3.8, 4) is 0 Å². The van der Waals surface area contributed by atoms with Crippen molar-refractivity contribution >= 4 is 24.2 Å². The number of rotatable bonds is 1. The van der Waals surface area contributed by atoms with Gasteiger partial charge in [0.05, 0.1) is 0 Å². The predicted molar refractivity (Wildman–Crippen MR) is 44.1 cm³/mol. The molecule has 0 aromatic heterocycles. The minimum Gasteiger partial charge on any atom is -0.207 e. The molecule has 0 nitrogen and oxygen atoms in total. The Morgan fingerprint density at radius 2 is 2.20 bits per heavy atom. The second kappa shape index (κ2) is 3.26. The Labute approximate surface area is 69.4 Å². The van der Waals surface area contributed by atoms with Crippen molar-refractivity contribution in [3.63, 3.8) is 0 Å². The SMILES string of the molecule is Fc1cc(Cl)ccc1CS. The van der Waals surface area contributed by atoms with Gasteiger partial charge in [-0.25, -0.2) is 4.39 Å². The fourth-order valence-electron chi connectivity index (χ4n) is 0.650. The molecule has 1 aromatic rings. The molecule has 0 spiro atoms. The second-order valence-electron chi connectivity index (χ2n) is 1.89. The third-order valence-electron chi connectivity index (χ3n) is 1.19. The quantitative estimate of drug-likeness (QED) is 0.625. The lowest BCUT2D eigenvalue weighted by Crippen LogP contribution is -1.83. The van der Waals surface area contributed by atoms with E-state index in [0.717, 1.165) is 0 Å². The summed E-state index contributed by atoms with van der Waals surface area (Å²) >= 11 is 9.44. The first-order valence-corrected chi connectivity index (χ1v) is 3.80. The maximum atomic E-state index is 12.7. The van der Waals surface area contributed by atoms with Crippen LogP contribution in [0.1, 0.15) is 5.56 Å². The highest BCUT2D eigenvalue weighted by atomic mass is 35.5. The average molecular weight is 177 g/mol. The standard InChI is InChI=1S/C7H6ClFS/c8-6-2-1-5(4-10)7(9)3-6/h1-3,10H,4H2. The summed E-state index contributed by atoms with van der Waals surface area (Å²) < 4.78 is 12.7. The summed E-state index contributed by atoms with van der Waals surface area (Å²) in [5, 5.41) is 0.419. The molecule has 1 aromatic carbocycles. The molecule has 54 valence electrons. The van der Waals surface area contributed by atoms with Crippen LogP contribution in [-0.2, 0) is 5.75 Å². The van der Waals surface area contributed by atoms with Crippen LogP contribution in [0.5, 0.6) is 0 Å². The van der Waals surface area contributed by atoms with Crippen LogP contribution in [0.15, 0.2) is 18.2 Å². The molecular formula is C7H6ClFS. The first-order valence-electron chi connectivity index (χ1n) is 2.79. The van der Waals surface area contributed by atoms with E-state index in [1.54, 1.807) is 12.1 Å². The van der Waals surface area contributed by atoms with Crippen molar-refractivity contribution in [2.24, 2.45) is 0 Å². The van der Waals surface area contributed by atoms with Crippen LogP contribution in [0.3, 0.4) is 0 Å². The molecule has 0 aliphatic carbocycles. The highest BCUT2D eigenvalue weighted by Gasteiger charge is 1.98. The van der Waals surface area contributed by atoms with E-state index >= 15 is 0 Å². The third kappa shape index (κ3) is 1.64. The Kier molecular flexibility index (Phi) is 2.57. The third-order valence-corrected chi connectivity index (χ3v) is 1.76. The molecule has 0 aliphatic heterocycles.